The minimum absolute atomic E-state index is 0.0266. The van der Waals surface area contributed by atoms with Gasteiger partial charge in [-0.05, 0) is 60.1 Å². The van der Waals surface area contributed by atoms with E-state index in [2.05, 4.69) is 25.3 Å². The predicted octanol–water partition coefficient (Wildman–Crippen LogP) is 6.03. The first-order valence-corrected chi connectivity index (χ1v) is 13.2. The summed E-state index contributed by atoms with van der Waals surface area (Å²) in [7, 11) is -4.58. The van der Waals surface area contributed by atoms with Crippen LogP contribution in [-0.2, 0) is 20.9 Å². The molecule has 0 aliphatic heterocycles. The number of rotatable bonds is 10. The maximum atomic E-state index is 11.1. The predicted molar refractivity (Wildman–Crippen MR) is 131 cm³/mol. The third-order valence-corrected chi connectivity index (χ3v) is 7.09. The summed E-state index contributed by atoms with van der Waals surface area (Å²) in [6, 6.07) is 11.4. The number of phenolic OH excluding ortho intramolecular Hbond substituents is 1. The van der Waals surface area contributed by atoms with E-state index < -0.39 is 13.4 Å². The molecule has 1 atom stereocenters. The molecule has 0 aliphatic carbocycles. The van der Waals surface area contributed by atoms with Gasteiger partial charge < -0.3 is 20.6 Å². The Morgan fingerprint density at radius 3 is 2.38 bits per heavy atom. The molecule has 0 aromatic heterocycles. The van der Waals surface area contributed by atoms with Gasteiger partial charge in [-0.25, -0.2) is 4.57 Å². The van der Waals surface area contributed by atoms with Crippen LogP contribution in [0.15, 0.2) is 46.2 Å². The Balaban J connectivity index is 2.12. The van der Waals surface area contributed by atoms with E-state index >= 15 is 0 Å². The molecule has 0 aliphatic rings. The molecule has 0 fully saturated rings. The van der Waals surface area contributed by atoms with E-state index in [0.717, 1.165) is 27.3 Å². The minimum atomic E-state index is -4.58. The Bertz CT molecular complexity index is 975. The van der Waals surface area contributed by atoms with E-state index in [1.807, 2.05) is 37.3 Å². The summed E-state index contributed by atoms with van der Waals surface area (Å²) in [5.74, 6) is 0.223. The summed E-state index contributed by atoms with van der Waals surface area (Å²) < 4.78 is 15.8. The zero-order chi connectivity index (χ0) is 24.2. The number of hydrogen-bond acceptors (Lipinski definition) is 5. The van der Waals surface area contributed by atoms with Crippen molar-refractivity contribution in [1.29, 1.82) is 0 Å². The molecule has 0 spiro atoms. The van der Waals surface area contributed by atoms with Gasteiger partial charge >= 0.3 is 7.82 Å². The standard InChI is InChI=1S/C23H33ClNO5PS/c1-5-11-23(25,15-30-31(27,28)29)12-10-16-6-8-18(14-19(16)24)32-21-13-17(22(2,3)4)7-9-20(21)26/h6-9,13-14,26H,5,10-12,15,25H2,1-4H3,(H2,27,28,29)/t23-/m0/s1. The summed E-state index contributed by atoms with van der Waals surface area (Å²) in [5, 5.41) is 10.9. The first-order chi connectivity index (χ1) is 14.7. The summed E-state index contributed by atoms with van der Waals surface area (Å²) in [6.45, 7) is 8.11. The fourth-order valence-corrected chi connectivity index (χ4v) is 5.04. The van der Waals surface area contributed by atoms with Crippen LogP contribution in [0.1, 0.15) is 58.1 Å². The van der Waals surface area contributed by atoms with Gasteiger partial charge in [-0.2, -0.15) is 0 Å². The zero-order valence-corrected chi connectivity index (χ0v) is 21.4. The van der Waals surface area contributed by atoms with Crippen LogP contribution in [0.25, 0.3) is 0 Å². The lowest BCUT2D eigenvalue weighted by Crippen LogP contribution is -2.44. The van der Waals surface area contributed by atoms with Crippen LogP contribution in [0.2, 0.25) is 5.02 Å². The SMILES string of the molecule is CCC[C@](N)(CCc1ccc(Sc2cc(C(C)(C)C)ccc2O)cc1Cl)COP(=O)(O)O. The van der Waals surface area contributed by atoms with Crippen LogP contribution >= 0.6 is 31.2 Å². The second kappa shape index (κ2) is 10.9. The second-order valence-electron chi connectivity index (χ2n) is 9.16. The average molecular weight is 502 g/mol. The Morgan fingerprint density at radius 1 is 1.12 bits per heavy atom. The molecule has 0 saturated carbocycles. The smallest absolute Gasteiger partial charge is 0.469 e. The second-order valence-corrected chi connectivity index (χ2v) is 11.9. The van der Waals surface area contributed by atoms with Gasteiger partial charge in [-0.15, -0.1) is 0 Å². The first-order valence-electron chi connectivity index (χ1n) is 10.5. The molecule has 0 radical (unpaired) electrons. The number of phosphoric acid groups is 1. The number of hydrogen-bond donors (Lipinski definition) is 4. The summed E-state index contributed by atoms with van der Waals surface area (Å²) >= 11 is 7.97. The topological polar surface area (TPSA) is 113 Å². The van der Waals surface area contributed by atoms with E-state index in [9.17, 15) is 9.67 Å². The monoisotopic (exact) mass is 501 g/mol. The van der Waals surface area contributed by atoms with E-state index in [0.29, 0.717) is 24.3 Å². The lowest BCUT2D eigenvalue weighted by molar-refractivity contribution is 0.141. The largest absolute Gasteiger partial charge is 0.507 e. The Labute approximate surface area is 199 Å². The highest BCUT2D eigenvalue weighted by molar-refractivity contribution is 7.99. The molecule has 0 bridgehead atoms. The molecule has 0 unspecified atom stereocenters. The van der Waals surface area contributed by atoms with Gasteiger partial charge in [-0.3, -0.25) is 4.52 Å². The quantitative estimate of drug-likeness (QED) is 0.294. The summed E-state index contributed by atoms with van der Waals surface area (Å²) in [4.78, 5) is 19.7. The maximum absolute atomic E-state index is 11.1. The number of phenols is 1. The molecule has 5 N–H and O–H groups in total. The van der Waals surface area contributed by atoms with Crippen molar-refractivity contribution >= 4 is 31.2 Å². The fraction of sp³-hybridized carbons (Fsp3) is 0.478. The lowest BCUT2D eigenvalue weighted by Gasteiger charge is -2.29. The third-order valence-electron chi connectivity index (χ3n) is 5.24. The fourth-order valence-electron chi connectivity index (χ4n) is 3.35. The van der Waals surface area contributed by atoms with E-state index in [-0.39, 0.29) is 17.8 Å². The molecule has 6 nitrogen and oxygen atoms in total. The van der Waals surface area contributed by atoms with E-state index in [1.54, 1.807) is 6.07 Å². The Morgan fingerprint density at radius 2 is 1.81 bits per heavy atom. The maximum Gasteiger partial charge on any atom is 0.469 e. The molecule has 0 amide bonds. The average Bonchev–Trinajstić information content (AvgIpc) is 2.66. The van der Waals surface area contributed by atoms with Crippen LogP contribution in [-0.4, -0.2) is 27.0 Å². The summed E-state index contributed by atoms with van der Waals surface area (Å²) in [6.07, 6.45) is 2.36. The van der Waals surface area contributed by atoms with Crippen LogP contribution in [0.5, 0.6) is 5.75 Å². The van der Waals surface area contributed by atoms with Crippen molar-refractivity contribution in [3.05, 3.63) is 52.5 Å². The van der Waals surface area contributed by atoms with Crippen LogP contribution < -0.4 is 5.73 Å². The van der Waals surface area contributed by atoms with Gasteiger partial charge in [0.15, 0.2) is 0 Å². The molecule has 0 heterocycles. The highest BCUT2D eigenvalue weighted by Crippen LogP contribution is 2.40. The van der Waals surface area contributed by atoms with Crippen molar-refractivity contribution in [2.75, 3.05) is 6.61 Å². The van der Waals surface area contributed by atoms with Crippen LogP contribution in [0, 0.1) is 0 Å². The van der Waals surface area contributed by atoms with Crippen molar-refractivity contribution in [2.45, 2.75) is 74.1 Å². The Kier molecular flexibility index (Phi) is 9.28. The van der Waals surface area contributed by atoms with Crippen LogP contribution in [0.3, 0.4) is 0 Å². The molecule has 32 heavy (non-hydrogen) atoms. The molecular formula is C23H33ClNO5PS. The zero-order valence-electron chi connectivity index (χ0n) is 19.0. The van der Waals surface area contributed by atoms with Crippen molar-refractivity contribution in [3.63, 3.8) is 0 Å². The number of benzene rings is 2. The molecule has 0 saturated heterocycles. The molecule has 9 heteroatoms. The lowest BCUT2D eigenvalue weighted by atomic mass is 9.87. The highest BCUT2D eigenvalue weighted by Gasteiger charge is 2.28. The first kappa shape index (κ1) is 27.2. The molecule has 178 valence electrons. The highest BCUT2D eigenvalue weighted by atomic mass is 35.5. The van der Waals surface area contributed by atoms with Crippen molar-refractivity contribution < 1.29 is 24.0 Å². The van der Waals surface area contributed by atoms with E-state index in [4.69, 9.17) is 27.1 Å². The number of halogens is 1. The number of aromatic hydroxyl groups is 1. The molecule has 2 aromatic carbocycles. The summed E-state index contributed by atoms with van der Waals surface area (Å²) in [5.41, 5.74) is 7.51. The molecular weight excluding hydrogens is 469 g/mol. The Hall–Kier alpha value is -1.05. The van der Waals surface area contributed by atoms with Gasteiger partial charge in [-0.1, -0.05) is 69.6 Å². The molecule has 2 rings (SSSR count). The molecule has 2 aromatic rings. The van der Waals surface area contributed by atoms with E-state index in [1.165, 1.54) is 11.8 Å². The van der Waals surface area contributed by atoms with Gasteiger partial charge in [0.25, 0.3) is 0 Å². The normalized spacial score (nSPS) is 14.4. The van der Waals surface area contributed by atoms with Crippen LogP contribution in [0.4, 0.5) is 0 Å². The number of phosphoric ester groups is 1. The number of aryl methyl sites for hydroxylation is 1. The van der Waals surface area contributed by atoms with Crippen molar-refractivity contribution in [3.8, 4) is 5.75 Å². The van der Waals surface area contributed by atoms with Gasteiger partial charge in [0.1, 0.15) is 5.75 Å². The van der Waals surface area contributed by atoms with Gasteiger partial charge in [0, 0.05) is 15.5 Å². The van der Waals surface area contributed by atoms with Crippen molar-refractivity contribution in [1.82, 2.24) is 0 Å². The number of nitrogens with two attached hydrogens (primary N) is 1. The van der Waals surface area contributed by atoms with Crippen molar-refractivity contribution in [2.24, 2.45) is 5.73 Å². The third kappa shape index (κ3) is 8.38. The van der Waals surface area contributed by atoms with Gasteiger partial charge in [0.2, 0.25) is 0 Å². The minimum Gasteiger partial charge on any atom is -0.507 e. The van der Waals surface area contributed by atoms with Gasteiger partial charge in [0.05, 0.1) is 11.5 Å².